The molecule has 29 heavy (non-hydrogen) atoms. The van der Waals surface area contributed by atoms with Crippen molar-refractivity contribution in [2.24, 2.45) is 0 Å². The molecule has 1 aliphatic carbocycles. The average Bonchev–Trinajstić information content (AvgIpc) is 3.28. The molecule has 9 nitrogen and oxygen atoms in total. The molecule has 1 aromatic carbocycles. The number of nitrogens with zero attached hydrogens (tertiary/aromatic N) is 4. The minimum absolute atomic E-state index is 0.215. The van der Waals surface area contributed by atoms with Crippen LogP contribution in [0.3, 0.4) is 0 Å². The van der Waals surface area contributed by atoms with Gasteiger partial charge in [-0.15, -0.1) is 0 Å². The first-order chi connectivity index (χ1) is 14.1. The number of carbonyl (C=O) groups is 1. The molecule has 5 rings (SSSR count). The number of halogens is 1. The average molecular weight is 397 g/mol. The number of nitrogens with one attached hydrogen (secondary N) is 3. The third kappa shape index (κ3) is 3.25. The maximum Gasteiger partial charge on any atom is 0.328 e. The van der Waals surface area contributed by atoms with Gasteiger partial charge in [-0.25, -0.2) is 18.7 Å². The summed E-state index contributed by atoms with van der Waals surface area (Å²) in [6, 6.07) is 6.81. The van der Waals surface area contributed by atoms with Gasteiger partial charge in [-0.05, 0) is 17.7 Å². The smallest absolute Gasteiger partial charge is 0.328 e. The zero-order valence-corrected chi connectivity index (χ0v) is 15.7. The first-order valence-corrected chi connectivity index (χ1v) is 9.46. The van der Waals surface area contributed by atoms with Crippen molar-refractivity contribution in [3.8, 4) is 0 Å². The molecule has 3 aromatic rings. The number of hydrogen-bond acceptors (Lipinski definition) is 7. The lowest BCUT2D eigenvalue weighted by atomic mass is 10.2. The second kappa shape index (κ2) is 6.96. The Balaban J connectivity index is 1.63. The van der Waals surface area contributed by atoms with E-state index in [4.69, 9.17) is 4.74 Å². The van der Waals surface area contributed by atoms with Crippen LogP contribution in [0.4, 0.5) is 26.6 Å². The quantitative estimate of drug-likeness (QED) is 0.579. The van der Waals surface area contributed by atoms with Crippen molar-refractivity contribution < 1.29 is 13.9 Å². The molecule has 3 atom stereocenters. The molecule has 3 N–H and O–H groups in total. The number of alkyl halides is 1. The molecule has 3 heterocycles. The van der Waals surface area contributed by atoms with Crippen LogP contribution < -0.4 is 16.0 Å². The monoisotopic (exact) mass is 397 g/mol. The van der Waals surface area contributed by atoms with E-state index >= 15 is 0 Å². The Labute approximate surface area is 165 Å². The van der Waals surface area contributed by atoms with E-state index in [0.717, 1.165) is 11.3 Å². The largest absolute Gasteiger partial charge is 0.371 e. The summed E-state index contributed by atoms with van der Waals surface area (Å²) in [4.78, 5) is 26.1. The number of imidazole rings is 1. The summed E-state index contributed by atoms with van der Waals surface area (Å²) in [6.07, 6.45) is 0.444. The van der Waals surface area contributed by atoms with Crippen molar-refractivity contribution in [1.29, 1.82) is 0 Å². The molecule has 150 valence electrons. The zero-order valence-electron chi connectivity index (χ0n) is 15.7. The van der Waals surface area contributed by atoms with Gasteiger partial charge >= 0.3 is 6.03 Å². The van der Waals surface area contributed by atoms with Gasteiger partial charge in [0.15, 0.2) is 17.0 Å². The molecule has 1 aliphatic heterocycles. The molecule has 0 radical (unpaired) electrons. The minimum atomic E-state index is -1.02. The predicted octanol–water partition coefficient (Wildman–Crippen LogP) is 2.57. The number of rotatable bonds is 1. The normalized spacial score (nSPS) is 23.9. The lowest BCUT2D eigenvalue weighted by Crippen LogP contribution is -2.43. The van der Waals surface area contributed by atoms with E-state index in [-0.39, 0.29) is 12.8 Å². The topological polar surface area (TPSA) is 106 Å². The standard InChI is InChI=1S/C19H20FN7O2/c1-21-16-15-17-26-18(25-16)23-12-4-2-3-10(5-12)8-29-14-7-11(20)6-13(14)24-19(28)27(17)9-22-15/h2-5,9,11,13-14H,6-8H2,1H3,(H,24,28)(H2,21,23,25,26)/t11-,13-,14-/m1/s1. The van der Waals surface area contributed by atoms with Crippen LogP contribution in [0.25, 0.3) is 11.2 Å². The number of hydrogen-bond donors (Lipinski definition) is 3. The van der Waals surface area contributed by atoms with Crippen LogP contribution in [-0.2, 0) is 11.3 Å². The van der Waals surface area contributed by atoms with Gasteiger partial charge in [0.25, 0.3) is 0 Å². The fourth-order valence-corrected chi connectivity index (χ4v) is 3.85. The maximum atomic E-state index is 14.1. The molecular weight excluding hydrogens is 377 g/mol. The Hall–Kier alpha value is -3.27. The molecule has 0 saturated heterocycles. The van der Waals surface area contributed by atoms with Crippen molar-refractivity contribution in [2.45, 2.75) is 37.8 Å². The Kier molecular flexibility index (Phi) is 4.27. The van der Waals surface area contributed by atoms with Crippen LogP contribution in [0.5, 0.6) is 0 Å². The fraction of sp³-hybridized carbons (Fsp3) is 0.368. The Bertz CT molecular complexity index is 1090. The predicted molar refractivity (Wildman–Crippen MR) is 105 cm³/mol. The van der Waals surface area contributed by atoms with Crippen LogP contribution in [0.15, 0.2) is 30.6 Å². The molecule has 1 amide bonds. The first-order valence-electron chi connectivity index (χ1n) is 9.46. The lowest BCUT2D eigenvalue weighted by molar-refractivity contribution is 0.0273. The summed E-state index contributed by atoms with van der Waals surface area (Å²) in [7, 11) is 1.73. The minimum Gasteiger partial charge on any atom is -0.371 e. The van der Waals surface area contributed by atoms with Gasteiger partial charge in [-0.3, -0.25) is 0 Å². The van der Waals surface area contributed by atoms with E-state index in [1.807, 2.05) is 24.3 Å². The van der Waals surface area contributed by atoms with Crippen molar-refractivity contribution in [3.63, 3.8) is 0 Å². The highest BCUT2D eigenvalue weighted by molar-refractivity contribution is 5.92. The molecule has 10 heteroatoms. The summed E-state index contributed by atoms with van der Waals surface area (Å²) in [6.45, 7) is 0.317. The summed E-state index contributed by atoms with van der Waals surface area (Å²) in [5.41, 5.74) is 2.53. The SMILES string of the molecule is CNc1nc2nc3c1ncn3C(=O)N[C@@H]1C[C@@H](F)C[C@H]1OCc1cccc(c1)N2. The number of carbonyl (C=O) groups excluding carboxylic acids is 1. The third-order valence-corrected chi connectivity index (χ3v) is 5.25. The second-order valence-corrected chi connectivity index (χ2v) is 7.23. The summed E-state index contributed by atoms with van der Waals surface area (Å²) in [5, 5.41) is 9.03. The Morgan fingerprint density at radius 2 is 2.21 bits per heavy atom. The van der Waals surface area contributed by atoms with Crippen LogP contribution in [0.1, 0.15) is 18.4 Å². The molecule has 2 aromatic heterocycles. The number of ether oxygens (including phenoxy) is 1. The highest BCUT2D eigenvalue weighted by Crippen LogP contribution is 2.28. The van der Waals surface area contributed by atoms with Gasteiger partial charge in [0.05, 0.1) is 18.8 Å². The number of aromatic nitrogens is 4. The molecular formula is C19H20FN7O2. The number of fused-ring (bicyclic) bond motifs is 4. The van der Waals surface area contributed by atoms with E-state index in [9.17, 15) is 9.18 Å². The van der Waals surface area contributed by atoms with Crippen molar-refractivity contribution >= 4 is 34.6 Å². The van der Waals surface area contributed by atoms with Gasteiger partial charge in [0.2, 0.25) is 5.95 Å². The molecule has 0 spiro atoms. The van der Waals surface area contributed by atoms with E-state index in [2.05, 4.69) is 30.9 Å². The lowest BCUT2D eigenvalue weighted by Gasteiger charge is -2.22. The molecule has 2 aliphatic rings. The van der Waals surface area contributed by atoms with E-state index in [1.54, 1.807) is 7.05 Å². The van der Waals surface area contributed by atoms with E-state index < -0.39 is 24.3 Å². The molecule has 1 fully saturated rings. The summed E-state index contributed by atoms with van der Waals surface area (Å²) < 4.78 is 21.4. The number of amides is 1. The summed E-state index contributed by atoms with van der Waals surface area (Å²) in [5.74, 6) is 0.826. The molecule has 4 bridgehead atoms. The van der Waals surface area contributed by atoms with Gasteiger partial charge < -0.3 is 20.7 Å². The van der Waals surface area contributed by atoms with Gasteiger partial charge in [-0.1, -0.05) is 12.1 Å². The van der Waals surface area contributed by atoms with Crippen LogP contribution in [-0.4, -0.2) is 50.9 Å². The number of anilines is 3. The second-order valence-electron chi connectivity index (χ2n) is 7.23. The first kappa shape index (κ1) is 17.8. The maximum absolute atomic E-state index is 14.1. The Morgan fingerprint density at radius 1 is 1.31 bits per heavy atom. The van der Waals surface area contributed by atoms with E-state index in [1.165, 1.54) is 10.9 Å². The van der Waals surface area contributed by atoms with Gasteiger partial charge in [0, 0.05) is 25.6 Å². The van der Waals surface area contributed by atoms with Crippen molar-refractivity contribution in [3.05, 3.63) is 36.2 Å². The number of benzene rings is 1. The fourth-order valence-electron chi connectivity index (χ4n) is 3.85. The van der Waals surface area contributed by atoms with Crippen LogP contribution in [0, 0.1) is 0 Å². The van der Waals surface area contributed by atoms with Crippen molar-refractivity contribution in [1.82, 2.24) is 24.8 Å². The highest BCUT2D eigenvalue weighted by atomic mass is 19.1. The van der Waals surface area contributed by atoms with E-state index in [0.29, 0.717) is 29.5 Å². The summed E-state index contributed by atoms with van der Waals surface area (Å²) >= 11 is 0. The van der Waals surface area contributed by atoms with Gasteiger partial charge in [-0.2, -0.15) is 9.97 Å². The zero-order chi connectivity index (χ0) is 20.0. The van der Waals surface area contributed by atoms with Gasteiger partial charge in [0.1, 0.15) is 12.5 Å². The molecule has 1 saturated carbocycles. The van der Waals surface area contributed by atoms with Crippen LogP contribution >= 0.6 is 0 Å². The third-order valence-electron chi connectivity index (χ3n) is 5.25. The van der Waals surface area contributed by atoms with Crippen LogP contribution in [0.2, 0.25) is 0 Å². The van der Waals surface area contributed by atoms with Crippen molar-refractivity contribution in [2.75, 3.05) is 17.7 Å². The molecule has 0 unspecified atom stereocenters. The Morgan fingerprint density at radius 3 is 3.07 bits per heavy atom. The highest BCUT2D eigenvalue weighted by Gasteiger charge is 2.36.